The lowest BCUT2D eigenvalue weighted by Crippen LogP contribution is -2.44. The molecule has 0 bridgehead atoms. The average molecular weight is 316 g/mol. The molecule has 1 heterocycles. The van der Waals surface area contributed by atoms with E-state index in [9.17, 15) is 14.4 Å². The Bertz CT molecular complexity index is 632. The number of imide groups is 1. The molecule has 1 aliphatic heterocycles. The number of amides is 3. The summed E-state index contributed by atoms with van der Waals surface area (Å²) in [6.07, 6.45) is 3.16. The number of ketones is 1. The summed E-state index contributed by atoms with van der Waals surface area (Å²) in [6.45, 7) is 2.22. The molecule has 1 spiro atoms. The van der Waals surface area contributed by atoms with E-state index < -0.39 is 11.6 Å². The van der Waals surface area contributed by atoms with Gasteiger partial charge in [-0.1, -0.05) is 12.8 Å². The van der Waals surface area contributed by atoms with E-state index in [4.69, 9.17) is 4.74 Å². The maximum Gasteiger partial charge on any atom is 0.325 e. The first kappa shape index (κ1) is 15.5. The van der Waals surface area contributed by atoms with Gasteiger partial charge in [0, 0.05) is 5.56 Å². The van der Waals surface area contributed by atoms with E-state index in [-0.39, 0.29) is 18.2 Å². The molecule has 23 heavy (non-hydrogen) atoms. The third-order valence-corrected chi connectivity index (χ3v) is 4.49. The SMILES string of the molecule is CCOc1ccc(C(=O)CN2C(=O)NC3(CCCC3)C2=O)cc1. The van der Waals surface area contributed by atoms with Crippen LogP contribution in [0.1, 0.15) is 43.0 Å². The van der Waals surface area contributed by atoms with Crippen LogP contribution in [0.5, 0.6) is 5.75 Å². The molecule has 1 aromatic carbocycles. The Morgan fingerprint density at radius 2 is 1.87 bits per heavy atom. The van der Waals surface area contributed by atoms with Crippen molar-refractivity contribution in [3.8, 4) is 5.75 Å². The Hall–Kier alpha value is -2.37. The number of carbonyl (C=O) groups excluding carboxylic acids is 3. The number of rotatable bonds is 5. The standard InChI is InChI=1S/C17H20N2O4/c1-2-23-13-7-5-12(6-8-13)14(20)11-19-15(21)17(18-16(19)22)9-3-4-10-17/h5-8H,2-4,9-11H2,1H3,(H,18,22). The molecule has 1 saturated heterocycles. The van der Waals surface area contributed by atoms with E-state index in [1.165, 1.54) is 0 Å². The molecule has 1 N–H and O–H groups in total. The molecule has 6 heteroatoms. The van der Waals surface area contributed by atoms with Gasteiger partial charge in [-0.15, -0.1) is 0 Å². The van der Waals surface area contributed by atoms with Crippen LogP contribution in [0.15, 0.2) is 24.3 Å². The average Bonchev–Trinajstić information content (AvgIpc) is 3.10. The van der Waals surface area contributed by atoms with E-state index in [0.29, 0.717) is 30.8 Å². The van der Waals surface area contributed by atoms with Crippen LogP contribution in [0, 0.1) is 0 Å². The van der Waals surface area contributed by atoms with Crippen molar-refractivity contribution in [1.82, 2.24) is 10.2 Å². The number of hydrogen-bond acceptors (Lipinski definition) is 4. The molecule has 122 valence electrons. The van der Waals surface area contributed by atoms with Crippen molar-refractivity contribution in [3.63, 3.8) is 0 Å². The maximum absolute atomic E-state index is 12.5. The van der Waals surface area contributed by atoms with Crippen LogP contribution in [0.25, 0.3) is 0 Å². The summed E-state index contributed by atoms with van der Waals surface area (Å²) < 4.78 is 5.33. The summed E-state index contributed by atoms with van der Waals surface area (Å²) in [6, 6.07) is 6.26. The van der Waals surface area contributed by atoms with Crippen LogP contribution in [-0.4, -0.2) is 41.3 Å². The number of urea groups is 1. The lowest BCUT2D eigenvalue weighted by molar-refractivity contribution is -0.130. The topological polar surface area (TPSA) is 75.7 Å². The number of carbonyl (C=O) groups is 3. The molecule has 2 aliphatic rings. The highest BCUT2D eigenvalue weighted by atomic mass is 16.5. The summed E-state index contributed by atoms with van der Waals surface area (Å²) in [4.78, 5) is 38.0. The van der Waals surface area contributed by atoms with E-state index in [1.54, 1.807) is 24.3 Å². The fourth-order valence-corrected chi connectivity index (χ4v) is 3.28. The molecule has 0 aromatic heterocycles. The molecule has 0 atom stereocenters. The summed E-state index contributed by atoms with van der Waals surface area (Å²) in [7, 11) is 0. The van der Waals surface area contributed by atoms with Gasteiger partial charge in [-0.05, 0) is 44.0 Å². The van der Waals surface area contributed by atoms with Crippen LogP contribution in [0.3, 0.4) is 0 Å². The van der Waals surface area contributed by atoms with E-state index >= 15 is 0 Å². The smallest absolute Gasteiger partial charge is 0.325 e. The highest BCUT2D eigenvalue weighted by Crippen LogP contribution is 2.35. The van der Waals surface area contributed by atoms with Gasteiger partial charge in [0.1, 0.15) is 11.3 Å². The van der Waals surface area contributed by atoms with Gasteiger partial charge in [0.05, 0.1) is 13.2 Å². The van der Waals surface area contributed by atoms with Crippen molar-refractivity contribution in [3.05, 3.63) is 29.8 Å². The number of nitrogens with zero attached hydrogens (tertiary/aromatic N) is 1. The predicted octanol–water partition coefficient (Wildman–Crippen LogP) is 2.13. The third kappa shape index (κ3) is 2.81. The minimum atomic E-state index is -0.768. The minimum Gasteiger partial charge on any atom is -0.494 e. The predicted molar refractivity (Wildman–Crippen MR) is 83.4 cm³/mol. The Labute approximate surface area is 134 Å². The fraction of sp³-hybridized carbons (Fsp3) is 0.471. The van der Waals surface area contributed by atoms with Crippen molar-refractivity contribution >= 4 is 17.7 Å². The van der Waals surface area contributed by atoms with Crippen LogP contribution in [-0.2, 0) is 4.79 Å². The molecule has 1 saturated carbocycles. The highest BCUT2D eigenvalue weighted by Gasteiger charge is 2.52. The van der Waals surface area contributed by atoms with Gasteiger partial charge in [0.25, 0.3) is 5.91 Å². The van der Waals surface area contributed by atoms with Crippen molar-refractivity contribution in [1.29, 1.82) is 0 Å². The lowest BCUT2D eigenvalue weighted by atomic mass is 9.98. The second-order valence-corrected chi connectivity index (χ2v) is 5.99. The molecule has 0 radical (unpaired) electrons. The van der Waals surface area contributed by atoms with Gasteiger partial charge in [0.2, 0.25) is 0 Å². The zero-order valence-electron chi connectivity index (χ0n) is 13.1. The molecular formula is C17H20N2O4. The largest absolute Gasteiger partial charge is 0.494 e. The molecule has 2 fully saturated rings. The Kier molecular flexibility index (Phi) is 4.07. The Balaban J connectivity index is 1.70. The highest BCUT2D eigenvalue weighted by molar-refractivity contribution is 6.11. The van der Waals surface area contributed by atoms with Gasteiger partial charge in [-0.2, -0.15) is 0 Å². The summed E-state index contributed by atoms with van der Waals surface area (Å²) in [5.41, 5.74) is -0.308. The first-order chi connectivity index (χ1) is 11.1. The summed E-state index contributed by atoms with van der Waals surface area (Å²) >= 11 is 0. The summed E-state index contributed by atoms with van der Waals surface area (Å²) in [5, 5.41) is 2.78. The minimum absolute atomic E-state index is 0.222. The Morgan fingerprint density at radius 3 is 2.48 bits per heavy atom. The van der Waals surface area contributed by atoms with Crippen molar-refractivity contribution in [2.45, 2.75) is 38.1 Å². The van der Waals surface area contributed by atoms with E-state index in [2.05, 4.69) is 5.32 Å². The third-order valence-electron chi connectivity index (χ3n) is 4.49. The lowest BCUT2D eigenvalue weighted by Gasteiger charge is -2.19. The number of Topliss-reactive ketones (excluding diaryl/α,β-unsaturated/α-hetero) is 1. The van der Waals surface area contributed by atoms with Gasteiger partial charge in [-0.25, -0.2) is 4.79 Å². The zero-order valence-corrected chi connectivity index (χ0v) is 13.1. The van der Waals surface area contributed by atoms with E-state index in [1.807, 2.05) is 6.92 Å². The number of ether oxygens (including phenoxy) is 1. The molecule has 3 rings (SSSR count). The van der Waals surface area contributed by atoms with Crippen LogP contribution >= 0.6 is 0 Å². The second kappa shape index (κ2) is 6.02. The molecule has 6 nitrogen and oxygen atoms in total. The van der Waals surface area contributed by atoms with Gasteiger partial charge in [-0.3, -0.25) is 14.5 Å². The van der Waals surface area contributed by atoms with E-state index in [0.717, 1.165) is 17.7 Å². The quantitative estimate of drug-likeness (QED) is 0.667. The normalized spacial score (nSPS) is 19.3. The monoisotopic (exact) mass is 316 g/mol. The first-order valence-electron chi connectivity index (χ1n) is 7.96. The zero-order chi connectivity index (χ0) is 16.4. The molecule has 1 aromatic rings. The second-order valence-electron chi connectivity index (χ2n) is 5.99. The number of hydrogen-bond donors (Lipinski definition) is 1. The summed E-state index contributed by atoms with van der Waals surface area (Å²) in [5.74, 6) is 0.162. The molecule has 3 amide bonds. The van der Waals surface area contributed by atoms with Crippen molar-refractivity contribution in [2.24, 2.45) is 0 Å². The molecular weight excluding hydrogens is 296 g/mol. The van der Waals surface area contributed by atoms with Crippen molar-refractivity contribution < 1.29 is 19.1 Å². The fourth-order valence-electron chi connectivity index (χ4n) is 3.28. The first-order valence-corrected chi connectivity index (χ1v) is 7.96. The number of nitrogens with one attached hydrogen (secondary N) is 1. The molecule has 0 unspecified atom stereocenters. The van der Waals surface area contributed by atoms with Crippen molar-refractivity contribution in [2.75, 3.05) is 13.2 Å². The van der Waals surface area contributed by atoms with Crippen LogP contribution in [0.4, 0.5) is 4.79 Å². The molecule has 1 aliphatic carbocycles. The van der Waals surface area contributed by atoms with Crippen LogP contribution < -0.4 is 10.1 Å². The Morgan fingerprint density at radius 1 is 1.22 bits per heavy atom. The van der Waals surface area contributed by atoms with Crippen LogP contribution in [0.2, 0.25) is 0 Å². The number of benzene rings is 1. The van der Waals surface area contributed by atoms with Gasteiger partial charge < -0.3 is 10.1 Å². The van der Waals surface area contributed by atoms with Gasteiger partial charge in [0.15, 0.2) is 5.78 Å². The maximum atomic E-state index is 12.5. The van der Waals surface area contributed by atoms with Gasteiger partial charge >= 0.3 is 6.03 Å².